The molecule has 4 nitrogen and oxygen atoms in total. The SMILES string of the molecule is C=C(C1CCN(Cc2cccc3c(-c4ccccc4F)nn(C)c23)CC1)N(Cc1cccc(F)c1)c1ccccc1C. The van der Waals surface area contributed by atoms with Crippen LogP contribution in [0, 0.1) is 24.5 Å². The van der Waals surface area contributed by atoms with Crippen LogP contribution in [0.1, 0.15) is 29.5 Å². The van der Waals surface area contributed by atoms with Crippen molar-refractivity contribution in [3.8, 4) is 11.3 Å². The third-order valence-corrected chi connectivity index (χ3v) is 8.51. The molecule has 5 aromatic rings. The fourth-order valence-electron chi connectivity index (χ4n) is 6.31. The Bertz CT molecular complexity index is 1730. The molecule has 6 rings (SSSR count). The zero-order chi connectivity index (χ0) is 29.2. The topological polar surface area (TPSA) is 24.3 Å². The molecule has 0 spiro atoms. The number of fused-ring (bicyclic) bond motifs is 1. The van der Waals surface area contributed by atoms with E-state index < -0.39 is 0 Å². The summed E-state index contributed by atoms with van der Waals surface area (Å²) >= 11 is 0. The van der Waals surface area contributed by atoms with Gasteiger partial charge in [0.25, 0.3) is 0 Å². The molecule has 0 amide bonds. The van der Waals surface area contributed by atoms with E-state index >= 15 is 0 Å². The summed E-state index contributed by atoms with van der Waals surface area (Å²) in [7, 11) is 1.94. The maximum Gasteiger partial charge on any atom is 0.132 e. The minimum Gasteiger partial charge on any atom is -0.341 e. The molecule has 0 aliphatic carbocycles. The predicted octanol–water partition coefficient (Wildman–Crippen LogP) is 8.26. The van der Waals surface area contributed by atoms with Crippen molar-refractivity contribution in [1.82, 2.24) is 14.7 Å². The van der Waals surface area contributed by atoms with Crippen molar-refractivity contribution in [3.05, 3.63) is 132 Å². The molecule has 6 heteroatoms. The first kappa shape index (κ1) is 27.9. The Kier molecular flexibility index (Phi) is 7.90. The molecule has 0 unspecified atom stereocenters. The van der Waals surface area contributed by atoms with Crippen molar-refractivity contribution in [2.24, 2.45) is 13.0 Å². The van der Waals surface area contributed by atoms with E-state index in [1.54, 1.807) is 24.3 Å². The van der Waals surface area contributed by atoms with Crippen LogP contribution in [0.3, 0.4) is 0 Å². The first-order valence-electron chi connectivity index (χ1n) is 14.6. The minimum absolute atomic E-state index is 0.222. The molecule has 42 heavy (non-hydrogen) atoms. The van der Waals surface area contributed by atoms with E-state index in [9.17, 15) is 8.78 Å². The van der Waals surface area contributed by atoms with Gasteiger partial charge in [-0.15, -0.1) is 0 Å². The van der Waals surface area contributed by atoms with E-state index in [0.29, 0.717) is 23.7 Å². The molecule has 214 valence electrons. The largest absolute Gasteiger partial charge is 0.341 e. The number of rotatable bonds is 8. The average molecular weight is 563 g/mol. The van der Waals surface area contributed by atoms with Gasteiger partial charge in [-0.2, -0.15) is 5.10 Å². The van der Waals surface area contributed by atoms with E-state index in [1.807, 2.05) is 48.1 Å². The minimum atomic E-state index is -0.262. The highest BCUT2D eigenvalue weighted by Gasteiger charge is 2.27. The standard InChI is InChI=1S/C36H36F2N4/c1-25-10-4-7-17-34(25)42(23-27-11-8-13-30(37)22-27)26(2)28-18-20-41(21-19-28)24-29-12-9-15-32-35(39-40(3)36(29)32)31-14-5-6-16-33(31)38/h4-17,22,28H,2,18-21,23-24H2,1,3H3. The lowest BCUT2D eigenvalue weighted by Crippen LogP contribution is -2.37. The van der Waals surface area contributed by atoms with Crippen molar-refractivity contribution in [2.75, 3.05) is 18.0 Å². The van der Waals surface area contributed by atoms with Crippen LogP contribution in [0.25, 0.3) is 22.2 Å². The van der Waals surface area contributed by atoms with Gasteiger partial charge >= 0.3 is 0 Å². The normalized spacial score (nSPS) is 14.4. The number of nitrogens with zero attached hydrogens (tertiary/aromatic N) is 4. The number of allylic oxidation sites excluding steroid dienone is 1. The molecule has 0 saturated carbocycles. The summed E-state index contributed by atoms with van der Waals surface area (Å²) < 4.78 is 30.5. The second-order valence-electron chi connectivity index (χ2n) is 11.3. The van der Waals surface area contributed by atoms with Gasteiger partial charge in [0.1, 0.15) is 17.3 Å². The van der Waals surface area contributed by atoms with Gasteiger partial charge in [-0.05, 0) is 79.9 Å². The highest BCUT2D eigenvalue weighted by Crippen LogP contribution is 2.35. The number of anilines is 1. The number of aryl methyl sites for hydroxylation is 2. The van der Waals surface area contributed by atoms with Crippen molar-refractivity contribution >= 4 is 16.6 Å². The second kappa shape index (κ2) is 11.9. The van der Waals surface area contributed by atoms with Gasteiger partial charge in [0.2, 0.25) is 0 Å². The van der Waals surface area contributed by atoms with Gasteiger partial charge in [0.15, 0.2) is 0 Å². The Morgan fingerprint density at radius 2 is 1.67 bits per heavy atom. The van der Waals surface area contributed by atoms with Crippen LogP contribution in [-0.2, 0) is 20.1 Å². The fourth-order valence-corrected chi connectivity index (χ4v) is 6.31. The summed E-state index contributed by atoms with van der Waals surface area (Å²) in [6.45, 7) is 9.97. The molecule has 0 bridgehead atoms. The van der Waals surface area contributed by atoms with E-state index in [-0.39, 0.29) is 11.6 Å². The number of hydrogen-bond donors (Lipinski definition) is 0. The number of aromatic nitrogens is 2. The summed E-state index contributed by atoms with van der Waals surface area (Å²) in [5.74, 6) is -0.155. The summed E-state index contributed by atoms with van der Waals surface area (Å²) in [6.07, 6.45) is 1.98. The van der Waals surface area contributed by atoms with Gasteiger partial charge in [0.05, 0.1) is 5.52 Å². The maximum atomic E-state index is 14.6. The highest BCUT2D eigenvalue weighted by atomic mass is 19.1. The molecule has 0 atom stereocenters. The zero-order valence-corrected chi connectivity index (χ0v) is 24.2. The van der Waals surface area contributed by atoms with Gasteiger partial charge in [-0.25, -0.2) is 8.78 Å². The number of hydrogen-bond acceptors (Lipinski definition) is 3. The summed E-state index contributed by atoms with van der Waals surface area (Å²) in [5, 5.41) is 5.69. The number of benzene rings is 4. The maximum absolute atomic E-state index is 14.6. The number of para-hydroxylation sites is 2. The van der Waals surface area contributed by atoms with Gasteiger partial charge in [-0.3, -0.25) is 9.58 Å². The van der Waals surface area contributed by atoms with E-state index in [1.165, 1.54) is 23.3 Å². The van der Waals surface area contributed by atoms with E-state index in [4.69, 9.17) is 5.10 Å². The monoisotopic (exact) mass is 562 g/mol. The summed E-state index contributed by atoms with van der Waals surface area (Å²) in [6, 6.07) is 28.2. The van der Waals surface area contributed by atoms with Crippen molar-refractivity contribution in [2.45, 2.75) is 32.9 Å². The van der Waals surface area contributed by atoms with Gasteiger partial charge in [0, 0.05) is 48.4 Å². The molecular formula is C36H36F2N4. The molecule has 1 fully saturated rings. The molecule has 0 N–H and O–H groups in total. The first-order chi connectivity index (χ1) is 20.4. The molecule has 1 aromatic heterocycles. The van der Waals surface area contributed by atoms with Crippen LogP contribution in [0.5, 0.6) is 0 Å². The fraction of sp³-hybridized carbons (Fsp3) is 0.250. The van der Waals surface area contributed by atoms with Crippen molar-refractivity contribution < 1.29 is 8.78 Å². The molecule has 1 aliphatic rings. The smallest absolute Gasteiger partial charge is 0.132 e. The molecule has 0 radical (unpaired) electrons. The van der Waals surface area contributed by atoms with Crippen molar-refractivity contribution in [3.63, 3.8) is 0 Å². The summed E-state index contributed by atoms with van der Waals surface area (Å²) in [4.78, 5) is 4.75. The summed E-state index contributed by atoms with van der Waals surface area (Å²) in [5.41, 5.74) is 7.73. The lowest BCUT2D eigenvalue weighted by molar-refractivity contribution is 0.190. The number of likely N-dealkylation sites (tertiary alicyclic amines) is 1. The predicted molar refractivity (Wildman–Crippen MR) is 167 cm³/mol. The van der Waals surface area contributed by atoms with Crippen LogP contribution < -0.4 is 4.90 Å². The second-order valence-corrected chi connectivity index (χ2v) is 11.3. The Labute approximate surface area is 246 Å². The quantitative estimate of drug-likeness (QED) is 0.190. The molecular weight excluding hydrogens is 526 g/mol. The first-order valence-corrected chi connectivity index (χ1v) is 14.6. The number of halogens is 2. The molecule has 1 aliphatic heterocycles. The van der Waals surface area contributed by atoms with E-state index in [0.717, 1.165) is 60.3 Å². The van der Waals surface area contributed by atoms with Crippen LogP contribution in [0.15, 0.2) is 103 Å². The van der Waals surface area contributed by atoms with Crippen LogP contribution >= 0.6 is 0 Å². The van der Waals surface area contributed by atoms with E-state index in [2.05, 4.69) is 41.5 Å². The Morgan fingerprint density at radius 1 is 0.929 bits per heavy atom. The van der Waals surface area contributed by atoms with Gasteiger partial charge < -0.3 is 4.90 Å². The Hall–Kier alpha value is -4.29. The number of piperidine rings is 1. The lowest BCUT2D eigenvalue weighted by Gasteiger charge is -2.38. The molecule has 2 heterocycles. The molecule has 4 aromatic carbocycles. The van der Waals surface area contributed by atoms with Crippen LogP contribution in [-0.4, -0.2) is 27.8 Å². The Morgan fingerprint density at radius 3 is 2.43 bits per heavy atom. The van der Waals surface area contributed by atoms with Crippen molar-refractivity contribution in [1.29, 1.82) is 0 Å². The Balaban J connectivity index is 1.19. The molecule has 1 saturated heterocycles. The highest BCUT2D eigenvalue weighted by molar-refractivity contribution is 5.95. The zero-order valence-electron chi connectivity index (χ0n) is 24.2. The average Bonchev–Trinajstić information content (AvgIpc) is 3.33. The third-order valence-electron chi connectivity index (χ3n) is 8.51. The lowest BCUT2D eigenvalue weighted by atomic mass is 9.92. The third kappa shape index (κ3) is 5.59. The van der Waals surface area contributed by atoms with Crippen LogP contribution in [0.4, 0.5) is 14.5 Å². The van der Waals surface area contributed by atoms with Gasteiger partial charge in [-0.1, -0.05) is 67.2 Å². The van der Waals surface area contributed by atoms with Crippen LogP contribution in [0.2, 0.25) is 0 Å².